The predicted octanol–water partition coefficient (Wildman–Crippen LogP) is 3.66. The highest BCUT2D eigenvalue weighted by molar-refractivity contribution is 7.91. The molecule has 0 bridgehead atoms. The number of carbonyl (C=O) groups excluding carboxylic acids is 1. The monoisotopic (exact) mass is 492 g/mol. The van der Waals surface area contributed by atoms with Crippen LogP contribution in [0.3, 0.4) is 0 Å². The maximum absolute atomic E-state index is 13.7. The molecule has 1 aliphatic heterocycles. The number of aryl methyl sites for hydroxylation is 1. The first-order chi connectivity index (χ1) is 15.3. The molecule has 10 heteroatoms. The highest BCUT2D eigenvalue weighted by Crippen LogP contribution is 2.33. The first-order valence-electron chi connectivity index (χ1n) is 10.6. The number of nitrogens with zero attached hydrogens (tertiary/aromatic N) is 4. The molecule has 0 radical (unpaired) electrons. The summed E-state index contributed by atoms with van der Waals surface area (Å²) in [6.45, 7) is 3.89. The van der Waals surface area contributed by atoms with Crippen molar-refractivity contribution in [3.63, 3.8) is 0 Å². The molecule has 1 atom stereocenters. The fraction of sp³-hybridized carbons (Fsp3) is 0.455. The molecule has 1 amide bonds. The molecule has 0 saturated carbocycles. The fourth-order valence-corrected chi connectivity index (χ4v) is 7.65. The summed E-state index contributed by atoms with van der Waals surface area (Å²) < 4.78 is 28.9. The number of thiazole rings is 1. The van der Waals surface area contributed by atoms with E-state index >= 15 is 0 Å². The van der Waals surface area contributed by atoms with Gasteiger partial charge in [0, 0.05) is 26.2 Å². The van der Waals surface area contributed by atoms with E-state index in [2.05, 4.69) is 0 Å². The average Bonchev–Trinajstić information content (AvgIpc) is 3.45. The maximum atomic E-state index is 13.7. The molecule has 1 aliphatic rings. The van der Waals surface area contributed by atoms with Crippen molar-refractivity contribution in [2.45, 2.75) is 24.0 Å². The van der Waals surface area contributed by atoms with Gasteiger partial charge >= 0.3 is 0 Å². The largest absolute Gasteiger partial charge is 0.308 e. The minimum absolute atomic E-state index is 0.0466. The number of aromatic nitrogens is 1. The number of hydrogen-bond acceptors (Lipinski definition) is 7. The number of piperidine rings is 1. The number of amides is 1. The van der Waals surface area contributed by atoms with Crippen LogP contribution >= 0.6 is 22.7 Å². The number of hydrogen-bond donors (Lipinski definition) is 0. The maximum Gasteiger partial charge on any atom is 0.252 e. The van der Waals surface area contributed by atoms with Gasteiger partial charge in [0.1, 0.15) is 4.21 Å². The Kier molecular flexibility index (Phi) is 6.97. The van der Waals surface area contributed by atoms with Gasteiger partial charge < -0.3 is 4.90 Å². The van der Waals surface area contributed by atoms with Gasteiger partial charge in [0.05, 0.1) is 16.1 Å². The number of benzene rings is 1. The smallest absolute Gasteiger partial charge is 0.252 e. The van der Waals surface area contributed by atoms with Crippen molar-refractivity contribution in [3.8, 4) is 0 Å². The van der Waals surface area contributed by atoms with Crippen LogP contribution in [0.15, 0.2) is 39.9 Å². The average molecular weight is 493 g/mol. The van der Waals surface area contributed by atoms with E-state index in [9.17, 15) is 13.2 Å². The van der Waals surface area contributed by atoms with Gasteiger partial charge in [-0.25, -0.2) is 13.4 Å². The minimum Gasteiger partial charge on any atom is -0.308 e. The van der Waals surface area contributed by atoms with Gasteiger partial charge in [0.2, 0.25) is 5.91 Å². The number of likely N-dealkylation sites (N-methyl/N-ethyl adjacent to an activating group) is 1. The molecular formula is C22H28N4O3S3. The zero-order valence-corrected chi connectivity index (χ0v) is 21.0. The number of sulfonamides is 1. The zero-order valence-electron chi connectivity index (χ0n) is 18.5. The molecule has 4 rings (SSSR count). The van der Waals surface area contributed by atoms with E-state index in [0.29, 0.717) is 41.8 Å². The lowest BCUT2D eigenvalue weighted by molar-refractivity contribution is -0.123. The molecule has 32 heavy (non-hydrogen) atoms. The topological polar surface area (TPSA) is 73.8 Å². The quantitative estimate of drug-likeness (QED) is 0.503. The zero-order chi connectivity index (χ0) is 22.9. The SMILES string of the molecule is Cc1cccc2sc(N(CCN(C)C)C(=O)C3CCCN(S(=O)(=O)c4cccs4)C3)nc12. The molecule has 1 unspecified atom stereocenters. The molecular weight excluding hydrogens is 464 g/mol. The highest BCUT2D eigenvalue weighted by Gasteiger charge is 2.36. The summed E-state index contributed by atoms with van der Waals surface area (Å²) in [5.41, 5.74) is 2.00. The number of thiophene rings is 1. The van der Waals surface area contributed by atoms with Crippen LogP contribution in [-0.2, 0) is 14.8 Å². The van der Waals surface area contributed by atoms with Gasteiger partial charge in [0.15, 0.2) is 5.13 Å². The minimum atomic E-state index is -3.57. The van der Waals surface area contributed by atoms with E-state index in [-0.39, 0.29) is 18.4 Å². The standard InChI is InChI=1S/C22H28N4O3S3/c1-16-7-4-9-18-20(16)23-22(31-18)26(13-12-24(2)3)21(27)17-8-5-11-25(15-17)32(28,29)19-10-6-14-30-19/h4,6-7,9-10,14,17H,5,8,11-13,15H2,1-3H3. The number of anilines is 1. The highest BCUT2D eigenvalue weighted by atomic mass is 32.2. The first kappa shape index (κ1) is 23.3. The second kappa shape index (κ2) is 9.56. The van der Waals surface area contributed by atoms with Crippen LogP contribution in [0.5, 0.6) is 0 Å². The second-order valence-corrected chi connectivity index (χ2v) is 12.5. The summed E-state index contributed by atoms with van der Waals surface area (Å²) in [7, 11) is 0.379. The summed E-state index contributed by atoms with van der Waals surface area (Å²) in [5.74, 6) is -0.427. The number of rotatable bonds is 7. The number of carbonyl (C=O) groups is 1. The summed E-state index contributed by atoms with van der Waals surface area (Å²) in [4.78, 5) is 22.3. The van der Waals surface area contributed by atoms with Crippen LogP contribution in [-0.4, -0.2) is 68.8 Å². The van der Waals surface area contributed by atoms with Crippen LogP contribution in [0.1, 0.15) is 18.4 Å². The summed E-state index contributed by atoms with van der Waals surface area (Å²) >= 11 is 2.73. The van der Waals surface area contributed by atoms with Gasteiger partial charge in [-0.3, -0.25) is 9.69 Å². The van der Waals surface area contributed by atoms with Crippen molar-refractivity contribution >= 4 is 54.0 Å². The van der Waals surface area contributed by atoms with Gasteiger partial charge in [-0.1, -0.05) is 29.5 Å². The Morgan fingerprint density at radius 2 is 2.03 bits per heavy atom. The Labute approximate surface area is 197 Å². The van der Waals surface area contributed by atoms with Crippen LogP contribution in [0.2, 0.25) is 0 Å². The Hall–Kier alpha value is -1.85. The Balaban J connectivity index is 1.60. The van der Waals surface area contributed by atoms with Gasteiger partial charge in [-0.15, -0.1) is 11.3 Å². The first-order valence-corrected chi connectivity index (χ1v) is 13.8. The molecule has 0 spiro atoms. The molecule has 0 aliphatic carbocycles. The van der Waals surface area contributed by atoms with E-state index < -0.39 is 10.0 Å². The third kappa shape index (κ3) is 4.74. The fourth-order valence-electron chi connectivity index (χ4n) is 3.91. The van der Waals surface area contributed by atoms with Crippen molar-refractivity contribution in [1.82, 2.24) is 14.2 Å². The van der Waals surface area contributed by atoms with Crippen LogP contribution in [0.25, 0.3) is 10.2 Å². The molecule has 2 aromatic heterocycles. The van der Waals surface area contributed by atoms with Crippen molar-refractivity contribution in [1.29, 1.82) is 0 Å². The van der Waals surface area contributed by atoms with E-state index in [1.807, 2.05) is 44.1 Å². The molecule has 3 heterocycles. The summed E-state index contributed by atoms with van der Waals surface area (Å²) in [6.07, 6.45) is 1.35. The van der Waals surface area contributed by atoms with E-state index in [1.54, 1.807) is 22.4 Å². The van der Waals surface area contributed by atoms with Crippen LogP contribution in [0, 0.1) is 12.8 Å². The second-order valence-electron chi connectivity index (χ2n) is 8.35. The lowest BCUT2D eigenvalue weighted by Crippen LogP contribution is -2.48. The van der Waals surface area contributed by atoms with Gasteiger partial charge in [-0.2, -0.15) is 4.31 Å². The van der Waals surface area contributed by atoms with Gasteiger partial charge in [-0.05, 0) is 56.9 Å². The normalized spacial score (nSPS) is 17.8. The predicted molar refractivity (Wildman–Crippen MR) is 131 cm³/mol. The van der Waals surface area contributed by atoms with Gasteiger partial charge in [0.25, 0.3) is 10.0 Å². The lowest BCUT2D eigenvalue weighted by atomic mass is 9.98. The van der Waals surface area contributed by atoms with Crippen molar-refractivity contribution in [2.75, 3.05) is 45.2 Å². The van der Waals surface area contributed by atoms with Crippen molar-refractivity contribution in [2.24, 2.45) is 5.92 Å². The third-order valence-electron chi connectivity index (χ3n) is 5.70. The Morgan fingerprint density at radius 3 is 2.72 bits per heavy atom. The van der Waals surface area contributed by atoms with E-state index in [0.717, 1.165) is 15.8 Å². The van der Waals surface area contributed by atoms with E-state index in [1.165, 1.54) is 27.0 Å². The third-order valence-corrected chi connectivity index (χ3v) is 9.98. The Morgan fingerprint density at radius 1 is 1.22 bits per heavy atom. The van der Waals surface area contributed by atoms with Crippen LogP contribution < -0.4 is 4.90 Å². The van der Waals surface area contributed by atoms with Crippen molar-refractivity contribution in [3.05, 3.63) is 41.3 Å². The molecule has 172 valence electrons. The molecule has 1 aromatic carbocycles. The molecule has 0 N–H and O–H groups in total. The molecule has 3 aromatic rings. The molecule has 1 fully saturated rings. The summed E-state index contributed by atoms with van der Waals surface area (Å²) in [6, 6.07) is 9.40. The number of para-hydroxylation sites is 1. The Bertz CT molecular complexity index is 1190. The molecule has 7 nitrogen and oxygen atoms in total. The number of fused-ring (bicyclic) bond motifs is 1. The lowest BCUT2D eigenvalue weighted by Gasteiger charge is -2.33. The van der Waals surface area contributed by atoms with E-state index in [4.69, 9.17) is 4.98 Å². The van der Waals surface area contributed by atoms with Crippen LogP contribution in [0.4, 0.5) is 5.13 Å². The molecule has 1 saturated heterocycles. The summed E-state index contributed by atoms with van der Waals surface area (Å²) in [5, 5.41) is 2.44. The van der Waals surface area contributed by atoms with Crippen molar-refractivity contribution < 1.29 is 13.2 Å².